The molecular formula is C22H20ClFO4. The zero-order valence-electron chi connectivity index (χ0n) is 15.6. The van der Waals surface area contributed by atoms with Crippen LogP contribution in [0.5, 0.6) is 5.75 Å². The maximum Gasteiger partial charge on any atom is 0.317 e. The van der Waals surface area contributed by atoms with E-state index in [1.165, 1.54) is 25.3 Å². The third-order valence-electron chi connectivity index (χ3n) is 4.83. The van der Waals surface area contributed by atoms with Crippen LogP contribution >= 0.6 is 11.6 Å². The van der Waals surface area contributed by atoms with Crippen molar-refractivity contribution in [1.82, 2.24) is 0 Å². The molecule has 1 aliphatic carbocycles. The minimum Gasteiger partial charge on any atom is -0.496 e. The number of carbonyl (C=O) groups excluding carboxylic acids is 2. The number of ether oxygens (including phenoxy) is 2. The van der Waals surface area contributed by atoms with Crippen LogP contribution in [0.4, 0.5) is 4.39 Å². The molecule has 0 spiro atoms. The second-order valence-electron chi connectivity index (χ2n) is 6.45. The van der Waals surface area contributed by atoms with E-state index in [-0.39, 0.29) is 23.6 Å². The summed E-state index contributed by atoms with van der Waals surface area (Å²) in [6, 6.07) is 11.6. The van der Waals surface area contributed by atoms with E-state index in [2.05, 4.69) is 0 Å². The number of methoxy groups -OCH3 is 1. The Morgan fingerprint density at radius 3 is 2.64 bits per heavy atom. The molecule has 2 aromatic carbocycles. The number of para-hydroxylation sites is 1. The first-order valence-electron chi connectivity index (χ1n) is 8.96. The number of allylic oxidation sites excluding steroid dienone is 2. The van der Waals surface area contributed by atoms with Crippen molar-refractivity contribution < 1.29 is 23.5 Å². The molecule has 0 fully saturated rings. The van der Waals surface area contributed by atoms with Gasteiger partial charge in [-0.3, -0.25) is 9.59 Å². The number of hydrogen-bond acceptors (Lipinski definition) is 4. The van der Waals surface area contributed by atoms with Gasteiger partial charge in [0.05, 0.1) is 13.7 Å². The molecule has 0 radical (unpaired) electrons. The molecule has 0 aliphatic heterocycles. The highest BCUT2D eigenvalue weighted by Crippen LogP contribution is 2.44. The van der Waals surface area contributed by atoms with Crippen molar-refractivity contribution in [2.45, 2.75) is 19.3 Å². The summed E-state index contributed by atoms with van der Waals surface area (Å²) in [5.41, 5.74) is 1.53. The predicted molar refractivity (Wildman–Crippen MR) is 105 cm³/mol. The Morgan fingerprint density at radius 2 is 1.96 bits per heavy atom. The van der Waals surface area contributed by atoms with Gasteiger partial charge >= 0.3 is 5.97 Å². The normalized spacial score (nSPS) is 19.1. The van der Waals surface area contributed by atoms with E-state index in [1.54, 1.807) is 19.1 Å². The van der Waals surface area contributed by atoms with Crippen molar-refractivity contribution in [3.05, 3.63) is 70.5 Å². The summed E-state index contributed by atoms with van der Waals surface area (Å²) in [6.07, 6.45) is 1.67. The number of esters is 1. The van der Waals surface area contributed by atoms with E-state index in [4.69, 9.17) is 21.1 Å². The van der Waals surface area contributed by atoms with Crippen LogP contribution in [0.3, 0.4) is 0 Å². The Kier molecular flexibility index (Phi) is 6.15. The standard InChI is InChI=1S/C22H20ClFO4/c1-3-28-22(26)21-15(20-16(23)8-6-9-17(20)24)11-13(12-18(21)25)14-7-4-5-10-19(14)27-2/h4-10,12,15,21H,3,11H2,1-2H3. The van der Waals surface area contributed by atoms with Crippen LogP contribution in [0.15, 0.2) is 48.5 Å². The highest BCUT2D eigenvalue weighted by Gasteiger charge is 2.42. The summed E-state index contributed by atoms with van der Waals surface area (Å²) in [5.74, 6) is -2.99. The van der Waals surface area contributed by atoms with E-state index in [0.29, 0.717) is 11.3 Å². The Morgan fingerprint density at radius 1 is 1.21 bits per heavy atom. The molecule has 2 aromatic rings. The van der Waals surface area contributed by atoms with E-state index in [9.17, 15) is 14.0 Å². The average Bonchev–Trinajstić information content (AvgIpc) is 2.67. The molecule has 2 atom stereocenters. The Bertz CT molecular complexity index is 918. The van der Waals surface area contributed by atoms with Crippen molar-refractivity contribution in [3.63, 3.8) is 0 Å². The monoisotopic (exact) mass is 402 g/mol. The number of ketones is 1. The van der Waals surface area contributed by atoms with Gasteiger partial charge in [0.2, 0.25) is 0 Å². The molecule has 2 unspecified atom stereocenters. The average molecular weight is 403 g/mol. The molecule has 0 heterocycles. The molecule has 0 amide bonds. The molecule has 4 nitrogen and oxygen atoms in total. The highest BCUT2D eigenvalue weighted by atomic mass is 35.5. The van der Waals surface area contributed by atoms with Gasteiger partial charge in [0.25, 0.3) is 0 Å². The van der Waals surface area contributed by atoms with Gasteiger partial charge in [-0.15, -0.1) is 0 Å². The summed E-state index contributed by atoms with van der Waals surface area (Å²) in [6.45, 7) is 1.79. The van der Waals surface area contributed by atoms with Gasteiger partial charge in [-0.1, -0.05) is 35.9 Å². The van der Waals surface area contributed by atoms with Crippen LogP contribution in [0.1, 0.15) is 30.4 Å². The molecule has 0 bridgehead atoms. The van der Waals surface area contributed by atoms with Crippen molar-refractivity contribution in [2.24, 2.45) is 5.92 Å². The molecule has 1 aliphatic rings. The first-order valence-corrected chi connectivity index (χ1v) is 9.34. The van der Waals surface area contributed by atoms with Gasteiger partial charge in [-0.05, 0) is 43.2 Å². The lowest BCUT2D eigenvalue weighted by Gasteiger charge is -2.30. The van der Waals surface area contributed by atoms with Gasteiger partial charge in [-0.25, -0.2) is 4.39 Å². The quantitative estimate of drug-likeness (QED) is 0.532. The lowest BCUT2D eigenvalue weighted by atomic mass is 9.73. The second-order valence-corrected chi connectivity index (χ2v) is 6.86. The Hall–Kier alpha value is -2.66. The van der Waals surface area contributed by atoms with Crippen molar-refractivity contribution in [3.8, 4) is 5.75 Å². The number of benzene rings is 2. The van der Waals surface area contributed by atoms with Gasteiger partial charge in [0.15, 0.2) is 5.78 Å². The molecule has 28 heavy (non-hydrogen) atoms. The molecule has 0 saturated heterocycles. The zero-order chi connectivity index (χ0) is 20.3. The summed E-state index contributed by atoms with van der Waals surface area (Å²) >= 11 is 6.26. The van der Waals surface area contributed by atoms with Crippen LogP contribution in [0.2, 0.25) is 5.02 Å². The molecule has 146 valence electrons. The van der Waals surface area contributed by atoms with Gasteiger partial charge < -0.3 is 9.47 Å². The molecule has 0 N–H and O–H groups in total. The first-order chi connectivity index (χ1) is 13.5. The van der Waals surface area contributed by atoms with Crippen molar-refractivity contribution in [2.75, 3.05) is 13.7 Å². The molecule has 6 heteroatoms. The zero-order valence-corrected chi connectivity index (χ0v) is 16.3. The summed E-state index contributed by atoms with van der Waals surface area (Å²) in [5, 5.41) is 0.174. The topological polar surface area (TPSA) is 52.6 Å². The predicted octanol–water partition coefficient (Wildman–Crippen LogP) is 4.81. The third-order valence-corrected chi connectivity index (χ3v) is 5.16. The fourth-order valence-electron chi connectivity index (χ4n) is 3.62. The van der Waals surface area contributed by atoms with Crippen LogP contribution < -0.4 is 4.74 Å². The number of halogens is 2. The van der Waals surface area contributed by atoms with Crippen molar-refractivity contribution in [1.29, 1.82) is 0 Å². The Balaban J connectivity index is 2.13. The molecular weight excluding hydrogens is 383 g/mol. The molecule has 0 saturated carbocycles. The smallest absolute Gasteiger partial charge is 0.317 e. The van der Waals surface area contributed by atoms with Gasteiger partial charge in [0.1, 0.15) is 17.5 Å². The van der Waals surface area contributed by atoms with E-state index < -0.39 is 29.4 Å². The van der Waals surface area contributed by atoms with Crippen LogP contribution in [-0.2, 0) is 14.3 Å². The SMILES string of the molecule is CCOC(=O)C1C(=O)C=C(c2ccccc2OC)CC1c1c(F)cccc1Cl. The third kappa shape index (κ3) is 3.80. The van der Waals surface area contributed by atoms with Gasteiger partial charge in [0, 0.05) is 22.1 Å². The van der Waals surface area contributed by atoms with Crippen LogP contribution in [-0.4, -0.2) is 25.5 Å². The van der Waals surface area contributed by atoms with E-state index >= 15 is 0 Å². The maximum absolute atomic E-state index is 14.7. The van der Waals surface area contributed by atoms with E-state index in [1.807, 2.05) is 18.2 Å². The minimum absolute atomic E-state index is 0.128. The van der Waals surface area contributed by atoms with Crippen LogP contribution in [0, 0.1) is 11.7 Å². The largest absolute Gasteiger partial charge is 0.496 e. The fourth-order valence-corrected chi connectivity index (χ4v) is 3.92. The molecule has 0 aromatic heterocycles. The van der Waals surface area contributed by atoms with E-state index in [0.717, 1.165) is 5.56 Å². The molecule has 3 rings (SSSR count). The van der Waals surface area contributed by atoms with Gasteiger partial charge in [-0.2, -0.15) is 0 Å². The highest BCUT2D eigenvalue weighted by molar-refractivity contribution is 6.31. The van der Waals surface area contributed by atoms with Crippen LogP contribution in [0.25, 0.3) is 5.57 Å². The Labute approximate surface area is 167 Å². The number of rotatable bonds is 5. The minimum atomic E-state index is -1.15. The summed E-state index contributed by atoms with van der Waals surface area (Å²) < 4.78 is 25.1. The lowest BCUT2D eigenvalue weighted by Crippen LogP contribution is -2.34. The summed E-state index contributed by atoms with van der Waals surface area (Å²) in [4.78, 5) is 25.4. The number of carbonyl (C=O) groups is 2. The second kappa shape index (κ2) is 8.57. The lowest BCUT2D eigenvalue weighted by molar-refractivity contribution is -0.151. The fraction of sp³-hybridized carbons (Fsp3) is 0.273. The number of hydrogen-bond donors (Lipinski definition) is 0. The van der Waals surface area contributed by atoms with Crippen molar-refractivity contribution >= 4 is 28.9 Å². The summed E-state index contributed by atoms with van der Waals surface area (Å²) in [7, 11) is 1.54. The first kappa shape index (κ1) is 20.1. The maximum atomic E-state index is 14.7.